The van der Waals surface area contributed by atoms with E-state index in [1.54, 1.807) is 24.3 Å². The van der Waals surface area contributed by atoms with Gasteiger partial charge in [0.15, 0.2) is 0 Å². The van der Waals surface area contributed by atoms with Gasteiger partial charge in [0.05, 0.1) is 0 Å². The molecule has 0 aliphatic carbocycles. The monoisotopic (exact) mass is 346 g/mol. The molecule has 0 fully saturated rings. The lowest BCUT2D eigenvalue weighted by Gasteiger charge is -2.13. The van der Waals surface area contributed by atoms with Gasteiger partial charge in [0.1, 0.15) is 11.9 Å². The second-order valence-corrected chi connectivity index (χ2v) is 4.99. The summed E-state index contributed by atoms with van der Waals surface area (Å²) in [6.07, 6.45) is -5.62. The van der Waals surface area contributed by atoms with Crippen LogP contribution in [0.3, 0.4) is 0 Å². The first kappa shape index (κ1) is 14.9. The summed E-state index contributed by atoms with van der Waals surface area (Å²) in [4.78, 5) is 0. The Kier molecular flexibility index (Phi) is 4.35. The minimum Gasteiger partial charge on any atom is -0.406 e. The van der Waals surface area contributed by atoms with Crippen LogP contribution in [0.2, 0.25) is 0 Å². The Morgan fingerprint density at radius 3 is 1.80 bits per heavy atom. The van der Waals surface area contributed by atoms with E-state index in [0.717, 1.165) is 4.47 Å². The Morgan fingerprint density at radius 2 is 1.35 bits per heavy atom. The van der Waals surface area contributed by atoms with Gasteiger partial charge in [-0.15, -0.1) is 13.2 Å². The predicted octanol–water partition coefficient (Wildman–Crippen LogP) is 4.43. The largest absolute Gasteiger partial charge is 0.573 e. The lowest BCUT2D eigenvalue weighted by Crippen LogP contribution is -2.17. The second-order valence-electron chi connectivity index (χ2n) is 4.07. The van der Waals surface area contributed by atoms with Crippen molar-refractivity contribution in [3.63, 3.8) is 0 Å². The maximum Gasteiger partial charge on any atom is 0.573 e. The van der Waals surface area contributed by atoms with Crippen LogP contribution in [0, 0.1) is 0 Å². The van der Waals surface area contributed by atoms with Gasteiger partial charge in [-0.1, -0.05) is 40.2 Å². The van der Waals surface area contributed by atoms with Crippen molar-refractivity contribution in [3.05, 3.63) is 64.1 Å². The van der Waals surface area contributed by atoms with Gasteiger partial charge in [-0.25, -0.2) is 0 Å². The van der Waals surface area contributed by atoms with E-state index in [2.05, 4.69) is 20.7 Å². The zero-order chi connectivity index (χ0) is 14.8. The minimum atomic E-state index is -4.72. The van der Waals surface area contributed by atoms with E-state index in [-0.39, 0.29) is 5.75 Å². The van der Waals surface area contributed by atoms with Crippen LogP contribution in [0.4, 0.5) is 13.2 Å². The molecular weight excluding hydrogens is 337 g/mol. The molecule has 2 nitrogen and oxygen atoms in total. The second kappa shape index (κ2) is 5.85. The van der Waals surface area contributed by atoms with Crippen molar-refractivity contribution in [3.8, 4) is 5.75 Å². The van der Waals surface area contributed by atoms with E-state index in [1.165, 1.54) is 24.3 Å². The average molecular weight is 347 g/mol. The van der Waals surface area contributed by atoms with Gasteiger partial charge in [-0.3, -0.25) is 0 Å². The van der Waals surface area contributed by atoms with Gasteiger partial charge in [0.2, 0.25) is 0 Å². The number of aliphatic hydroxyl groups excluding tert-OH is 1. The van der Waals surface area contributed by atoms with E-state index in [4.69, 9.17) is 0 Å². The summed E-state index contributed by atoms with van der Waals surface area (Å²) >= 11 is 3.28. The summed E-state index contributed by atoms with van der Waals surface area (Å²) in [6.45, 7) is 0. The zero-order valence-electron chi connectivity index (χ0n) is 10.1. The fraction of sp³-hybridized carbons (Fsp3) is 0.143. The normalized spacial score (nSPS) is 13.1. The fourth-order valence-electron chi connectivity index (χ4n) is 1.69. The molecule has 1 atom stereocenters. The highest BCUT2D eigenvalue weighted by molar-refractivity contribution is 9.10. The summed E-state index contributed by atoms with van der Waals surface area (Å²) in [7, 11) is 0. The third kappa shape index (κ3) is 3.98. The molecule has 0 spiro atoms. The van der Waals surface area contributed by atoms with E-state index < -0.39 is 12.5 Å². The lowest BCUT2D eigenvalue weighted by molar-refractivity contribution is -0.274. The number of benzene rings is 2. The van der Waals surface area contributed by atoms with Crippen LogP contribution >= 0.6 is 15.9 Å². The first-order valence-corrected chi connectivity index (χ1v) is 6.44. The molecule has 1 N–H and O–H groups in total. The number of halogens is 4. The van der Waals surface area contributed by atoms with Crippen LogP contribution in [0.15, 0.2) is 53.0 Å². The van der Waals surface area contributed by atoms with Crippen LogP contribution in [-0.4, -0.2) is 11.5 Å². The smallest absolute Gasteiger partial charge is 0.406 e. The van der Waals surface area contributed by atoms with Crippen molar-refractivity contribution in [1.82, 2.24) is 0 Å². The van der Waals surface area contributed by atoms with E-state index in [0.29, 0.717) is 11.1 Å². The van der Waals surface area contributed by atoms with Crippen LogP contribution in [0.25, 0.3) is 0 Å². The molecule has 0 aromatic heterocycles. The summed E-state index contributed by atoms with van der Waals surface area (Å²) < 4.78 is 40.7. The Balaban J connectivity index is 2.15. The maximum atomic E-state index is 12.0. The molecule has 20 heavy (non-hydrogen) atoms. The molecule has 6 heteroatoms. The van der Waals surface area contributed by atoms with Crippen molar-refractivity contribution in [1.29, 1.82) is 0 Å². The molecular formula is C14H10BrF3O2. The zero-order valence-corrected chi connectivity index (χ0v) is 11.6. The quantitative estimate of drug-likeness (QED) is 0.890. The summed E-state index contributed by atoms with van der Waals surface area (Å²) in [6, 6.07) is 12.2. The third-order valence-electron chi connectivity index (χ3n) is 2.62. The minimum absolute atomic E-state index is 0.316. The molecule has 0 aliphatic heterocycles. The molecule has 0 saturated heterocycles. The Labute approximate surface area is 121 Å². The fourth-order valence-corrected chi connectivity index (χ4v) is 1.95. The maximum absolute atomic E-state index is 12.0. The molecule has 2 aromatic rings. The molecule has 0 aliphatic rings. The van der Waals surface area contributed by atoms with Crippen LogP contribution < -0.4 is 4.74 Å². The summed E-state index contributed by atoms with van der Waals surface area (Å²) in [5, 5.41) is 10.1. The van der Waals surface area contributed by atoms with Crippen molar-refractivity contribution in [2.24, 2.45) is 0 Å². The number of aliphatic hydroxyl groups is 1. The van der Waals surface area contributed by atoms with Crippen LogP contribution in [-0.2, 0) is 0 Å². The van der Waals surface area contributed by atoms with Gasteiger partial charge < -0.3 is 9.84 Å². The highest BCUT2D eigenvalue weighted by Crippen LogP contribution is 2.27. The number of hydrogen-bond donors (Lipinski definition) is 1. The Hall–Kier alpha value is -1.53. The molecule has 0 amide bonds. The topological polar surface area (TPSA) is 29.5 Å². The van der Waals surface area contributed by atoms with Gasteiger partial charge >= 0.3 is 6.36 Å². The van der Waals surface area contributed by atoms with E-state index in [1.807, 2.05) is 0 Å². The van der Waals surface area contributed by atoms with Crippen molar-refractivity contribution in [2.45, 2.75) is 12.5 Å². The van der Waals surface area contributed by atoms with Crippen LogP contribution in [0.1, 0.15) is 17.2 Å². The molecule has 0 heterocycles. The van der Waals surface area contributed by atoms with Gasteiger partial charge in [-0.05, 0) is 35.4 Å². The average Bonchev–Trinajstić information content (AvgIpc) is 2.38. The molecule has 0 saturated carbocycles. The summed E-state index contributed by atoms with van der Waals surface area (Å²) in [5.41, 5.74) is 1.14. The number of alkyl halides is 3. The first-order valence-electron chi connectivity index (χ1n) is 5.64. The number of rotatable bonds is 3. The predicted molar refractivity (Wildman–Crippen MR) is 71.3 cm³/mol. The molecule has 2 rings (SSSR count). The lowest BCUT2D eigenvalue weighted by atomic mass is 10.0. The van der Waals surface area contributed by atoms with E-state index >= 15 is 0 Å². The Morgan fingerprint density at radius 1 is 0.900 bits per heavy atom. The highest BCUT2D eigenvalue weighted by atomic mass is 79.9. The Bertz CT molecular complexity index is 564. The molecule has 0 radical (unpaired) electrons. The standard InChI is InChI=1S/C14H10BrF3O2/c15-11-5-1-9(2-6-11)13(19)10-3-7-12(8-4-10)20-14(16,17)18/h1-8,13,19H. The number of ether oxygens (including phenoxy) is 1. The van der Waals surface area contributed by atoms with Crippen molar-refractivity contribution >= 4 is 15.9 Å². The molecule has 1 unspecified atom stereocenters. The molecule has 106 valence electrons. The third-order valence-corrected chi connectivity index (χ3v) is 3.14. The van der Waals surface area contributed by atoms with E-state index in [9.17, 15) is 18.3 Å². The first-order chi connectivity index (χ1) is 9.35. The van der Waals surface area contributed by atoms with Crippen molar-refractivity contribution in [2.75, 3.05) is 0 Å². The van der Waals surface area contributed by atoms with Crippen molar-refractivity contribution < 1.29 is 23.0 Å². The van der Waals surface area contributed by atoms with Gasteiger partial charge in [0, 0.05) is 4.47 Å². The molecule has 2 aromatic carbocycles. The van der Waals surface area contributed by atoms with Gasteiger partial charge in [0.25, 0.3) is 0 Å². The van der Waals surface area contributed by atoms with Gasteiger partial charge in [-0.2, -0.15) is 0 Å². The van der Waals surface area contributed by atoms with Crippen LogP contribution in [0.5, 0.6) is 5.75 Å². The number of hydrogen-bond acceptors (Lipinski definition) is 2. The summed E-state index contributed by atoms with van der Waals surface area (Å²) in [5.74, 6) is -0.316. The SMILES string of the molecule is OC(c1ccc(Br)cc1)c1ccc(OC(F)(F)F)cc1. The molecule has 0 bridgehead atoms. The highest BCUT2D eigenvalue weighted by Gasteiger charge is 2.31.